The minimum Gasteiger partial charge on any atom is -0.336 e. The summed E-state index contributed by atoms with van der Waals surface area (Å²) in [5, 5.41) is 0. The molecule has 1 amide bonds. The van der Waals surface area contributed by atoms with Crippen molar-refractivity contribution in [2.75, 3.05) is 26.2 Å². The van der Waals surface area contributed by atoms with E-state index in [9.17, 15) is 9.59 Å². The van der Waals surface area contributed by atoms with Crippen LogP contribution in [0.5, 0.6) is 0 Å². The lowest BCUT2D eigenvalue weighted by Gasteiger charge is -2.43. The Bertz CT molecular complexity index is 550. The molecular weight excluding hydrogens is 288 g/mol. The Labute approximate surface area is 138 Å². The van der Waals surface area contributed by atoms with Gasteiger partial charge in [-0.1, -0.05) is 31.0 Å². The van der Waals surface area contributed by atoms with E-state index >= 15 is 0 Å². The number of amides is 1. The van der Waals surface area contributed by atoms with Crippen LogP contribution >= 0.6 is 0 Å². The molecule has 1 saturated heterocycles. The molecule has 2 atom stereocenters. The third kappa shape index (κ3) is 3.63. The predicted octanol–water partition coefficient (Wildman–Crippen LogP) is 2.59. The van der Waals surface area contributed by atoms with E-state index in [1.165, 1.54) is 12.8 Å². The van der Waals surface area contributed by atoms with Crippen LogP contribution in [0.3, 0.4) is 0 Å². The number of Topliss-reactive ketones (excluding diaryl/α,β-unsaturated/α-hetero) is 1. The van der Waals surface area contributed by atoms with Crippen LogP contribution in [0, 0.1) is 5.92 Å². The zero-order chi connectivity index (χ0) is 16.2. The fourth-order valence-corrected chi connectivity index (χ4v) is 4.04. The number of piperazine rings is 1. The van der Waals surface area contributed by atoms with Crippen LogP contribution in [0.25, 0.3) is 0 Å². The Morgan fingerprint density at radius 2 is 1.61 bits per heavy atom. The summed E-state index contributed by atoms with van der Waals surface area (Å²) in [5.74, 6) is 0.648. The van der Waals surface area contributed by atoms with Crippen LogP contribution in [-0.4, -0.2) is 53.7 Å². The highest BCUT2D eigenvalue weighted by atomic mass is 16.2. The number of carbonyl (C=O) groups is 2. The summed E-state index contributed by atoms with van der Waals surface area (Å²) in [5.41, 5.74) is 0.764. The van der Waals surface area contributed by atoms with Crippen molar-refractivity contribution in [1.29, 1.82) is 0 Å². The fraction of sp³-hybridized carbons (Fsp3) is 0.579. The standard InChI is InChI=1S/C19H26N2O2/c1-15(22)17-9-5-6-10-18(17)20-11-13-21(14-12-20)19(23)16-7-3-2-4-8-16/h2-4,7-8,17-18H,5-6,9-14H2,1H3/t17?,18-/m1/s1. The van der Waals surface area contributed by atoms with Crippen molar-refractivity contribution in [3.63, 3.8) is 0 Å². The highest BCUT2D eigenvalue weighted by molar-refractivity contribution is 5.94. The molecule has 4 nitrogen and oxygen atoms in total. The molecule has 1 aromatic rings. The van der Waals surface area contributed by atoms with Gasteiger partial charge in [-0.3, -0.25) is 14.5 Å². The summed E-state index contributed by atoms with van der Waals surface area (Å²) in [4.78, 5) is 28.8. The van der Waals surface area contributed by atoms with Crippen molar-refractivity contribution in [2.45, 2.75) is 38.6 Å². The third-order valence-electron chi connectivity index (χ3n) is 5.34. The predicted molar refractivity (Wildman–Crippen MR) is 90.3 cm³/mol. The molecule has 1 saturated carbocycles. The minimum absolute atomic E-state index is 0.122. The first kappa shape index (κ1) is 16.2. The summed E-state index contributed by atoms with van der Waals surface area (Å²) >= 11 is 0. The molecule has 2 fully saturated rings. The minimum atomic E-state index is 0.122. The molecule has 1 heterocycles. The van der Waals surface area contributed by atoms with E-state index in [2.05, 4.69) is 4.90 Å². The molecule has 124 valence electrons. The zero-order valence-corrected chi connectivity index (χ0v) is 13.9. The maximum atomic E-state index is 12.5. The second-order valence-electron chi connectivity index (χ2n) is 6.76. The summed E-state index contributed by atoms with van der Waals surface area (Å²) in [7, 11) is 0. The van der Waals surface area contributed by atoms with Crippen LogP contribution in [0.2, 0.25) is 0 Å². The number of nitrogens with zero attached hydrogens (tertiary/aromatic N) is 2. The number of benzene rings is 1. The highest BCUT2D eigenvalue weighted by Crippen LogP contribution is 2.30. The van der Waals surface area contributed by atoms with Gasteiger partial charge in [0.15, 0.2) is 0 Å². The van der Waals surface area contributed by atoms with Crippen LogP contribution in [-0.2, 0) is 4.79 Å². The van der Waals surface area contributed by atoms with Gasteiger partial charge < -0.3 is 4.90 Å². The van der Waals surface area contributed by atoms with Gasteiger partial charge in [-0.05, 0) is 31.9 Å². The van der Waals surface area contributed by atoms with Crippen molar-refractivity contribution in [3.05, 3.63) is 35.9 Å². The molecule has 0 radical (unpaired) electrons. The summed E-state index contributed by atoms with van der Waals surface area (Å²) < 4.78 is 0. The molecule has 4 heteroatoms. The van der Waals surface area contributed by atoms with Crippen molar-refractivity contribution >= 4 is 11.7 Å². The molecule has 1 aromatic carbocycles. The maximum absolute atomic E-state index is 12.5. The molecular formula is C19H26N2O2. The number of hydrogen-bond acceptors (Lipinski definition) is 3. The topological polar surface area (TPSA) is 40.6 Å². The molecule has 0 aromatic heterocycles. The van der Waals surface area contributed by atoms with Gasteiger partial charge in [-0.25, -0.2) is 0 Å². The fourth-order valence-electron chi connectivity index (χ4n) is 4.04. The Balaban J connectivity index is 1.59. The summed E-state index contributed by atoms with van der Waals surface area (Å²) in [6.45, 7) is 5.02. The van der Waals surface area contributed by atoms with Crippen LogP contribution in [0.1, 0.15) is 43.0 Å². The molecule has 1 unspecified atom stereocenters. The van der Waals surface area contributed by atoms with E-state index < -0.39 is 0 Å². The number of hydrogen-bond donors (Lipinski definition) is 0. The van der Waals surface area contributed by atoms with E-state index in [4.69, 9.17) is 0 Å². The number of ketones is 1. The monoisotopic (exact) mass is 314 g/mol. The summed E-state index contributed by atoms with van der Waals surface area (Å²) in [6.07, 6.45) is 4.55. The van der Waals surface area contributed by atoms with Gasteiger partial charge >= 0.3 is 0 Å². The van der Waals surface area contributed by atoms with Crippen LogP contribution < -0.4 is 0 Å². The number of rotatable bonds is 3. The lowest BCUT2D eigenvalue weighted by molar-refractivity contribution is -0.124. The lowest BCUT2D eigenvalue weighted by Crippen LogP contribution is -2.55. The molecule has 23 heavy (non-hydrogen) atoms. The first-order valence-corrected chi connectivity index (χ1v) is 8.75. The molecule has 1 aliphatic heterocycles. The van der Waals surface area contributed by atoms with Gasteiger partial charge in [0.1, 0.15) is 5.78 Å². The Hall–Kier alpha value is -1.68. The summed E-state index contributed by atoms with van der Waals surface area (Å²) in [6, 6.07) is 9.88. The first-order chi connectivity index (χ1) is 11.2. The van der Waals surface area contributed by atoms with E-state index in [1.807, 2.05) is 35.2 Å². The molecule has 0 bridgehead atoms. The van der Waals surface area contributed by atoms with Crippen molar-refractivity contribution < 1.29 is 9.59 Å². The maximum Gasteiger partial charge on any atom is 0.253 e. The molecule has 3 rings (SSSR count). The van der Waals surface area contributed by atoms with E-state index in [1.54, 1.807) is 6.92 Å². The normalized spacial score (nSPS) is 26.0. The average Bonchev–Trinajstić information content (AvgIpc) is 2.62. The quantitative estimate of drug-likeness (QED) is 0.861. The average molecular weight is 314 g/mol. The molecule has 0 N–H and O–H groups in total. The SMILES string of the molecule is CC(=O)C1CCCC[C@H]1N1CCN(C(=O)c2ccccc2)CC1. The van der Waals surface area contributed by atoms with E-state index in [0.717, 1.165) is 44.6 Å². The lowest BCUT2D eigenvalue weighted by atomic mass is 9.81. The van der Waals surface area contributed by atoms with Crippen molar-refractivity contribution in [1.82, 2.24) is 9.80 Å². The Morgan fingerprint density at radius 1 is 0.957 bits per heavy atom. The largest absolute Gasteiger partial charge is 0.336 e. The van der Waals surface area contributed by atoms with Crippen molar-refractivity contribution in [2.24, 2.45) is 5.92 Å². The third-order valence-corrected chi connectivity index (χ3v) is 5.34. The van der Waals surface area contributed by atoms with Gasteiger partial charge in [-0.15, -0.1) is 0 Å². The van der Waals surface area contributed by atoms with E-state index in [-0.39, 0.29) is 11.8 Å². The van der Waals surface area contributed by atoms with Gasteiger partial charge in [-0.2, -0.15) is 0 Å². The molecule has 0 spiro atoms. The van der Waals surface area contributed by atoms with Gasteiger partial charge in [0.2, 0.25) is 0 Å². The van der Waals surface area contributed by atoms with E-state index in [0.29, 0.717) is 11.8 Å². The zero-order valence-electron chi connectivity index (χ0n) is 13.9. The number of carbonyl (C=O) groups excluding carboxylic acids is 2. The van der Waals surface area contributed by atoms with Gasteiger partial charge in [0, 0.05) is 43.7 Å². The first-order valence-electron chi connectivity index (χ1n) is 8.75. The smallest absolute Gasteiger partial charge is 0.253 e. The van der Waals surface area contributed by atoms with Gasteiger partial charge in [0.25, 0.3) is 5.91 Å². The Morgan fingerprint density at radius 3 is 2.26 bits per heavy atom. The van der Waals surface area contributed by atoms with Crippen LogP contribution in [0.4, 0.5) is 0 Å². The second-order valence-corrected chi connectivity index (χ2v) is 6.76. The Kier molecular flexibility index (Phi) is 5.11. The van der Waals surface area contributed by atoms with Crippen LogP contribution in [0.15, 0.2) is 30.3 Å². The second kappa shape index (κ2) is 7.26. The molecule has 1 aliphatic carbocycles. The molecule has 2 aliphatic rings. The highest BCUT2D eigenvalue weighted by Gasteiger charge is 2.35. The van der Waals surface area contributed by atoms with Gasteiger partial charge in [0.05, 0.1) is 0 Å². The van der Waals surface area contributed by atoms with Crippen molar-refractivity contribution in [3.8, 4) is 0 Å².